The Morgan fingerprint density at radius 3 is 2.27 bits per heavy atom. The van der Waals surface area contributed by atoms with Crippen LogP contribution in [0.25, 0.3) is 32.6 Å². The van der Waals surface area contributed by atoms with Crippen LogP contribution in [0.5, 0.6) is 5.75 Å². The number of methoxy groups -OCH3 is 1. The molecule has 0 atom stereocenters. The van der Waals surface area contributed by atoms with E-state index in [0.29, 0.717) is 0 Å². The summed E-state index contributed by atoms with van der Waals surface area (Å²) in [7, 11) is 1.68. The summed E-state index contributed by atoms with van der Waals surface area (Å²) in [5.74, 6) is 0.859. The summed E-state index contributed by atoms with van der Waals surface area (Å²) in [6.07, 6.45) is 4.05. The number of hydrogen-bond donors (Lipinski definition) is 0. The molecule has 22 heavy (non-hydrogen) atoms. The van der Waals surface area contributed by atoms with Gasteiger partial charge in [0.25, 0.3) is 0 Å². The highest BCUT2D eigenvalue weighted by atomic mass is 32.1. The minimum atomic E-state index is 0.859. The van der Waals surface area contributed by atoms with E-state index >= 15 is 0 Å². The van der Waals surface area contributed by atoms with Crippen molar-refractivity contribution in [3.8, 4) is 5.75 Å². The van der Waals surface area contributed by atoms with Gasteiger partial charge in [0.05, 0.1) is 27.5 Å². The van der Waals surface area contributed by atoms with Gasteiger partial charge in [0.1, 0.15) is 15.8 Å². The first kappa shape index (κ1) is 13.4. The molecule has 0 saturated heterocycles. The Morgan fingerprint density at radius 2 is 1.55 bits per heavy atom. The summed E-state index contributed by atoms with van der Waals surface area (Å²) in [5.41, 5.74) is 2.04. The predicted octanol–water partition coefficient (Wildman–Crippen LogP) is 5.09. The Labute approximate surface area is 135 Å². The summed E-state index contributed by atoms with van der Waals surface area (Å²) in [6, 6.07) is 14.1. The summed E-state index contributed by atoms with van der Waals surface area (Å²) < 4.78 is 7.58. The van der Waals surface area contributed by atoms with Crippen LogP contribution in [0, 0.1) is 0 Å². The fourth-order valence-electron chi connectivity index (χ4n) is 2.22. The second kappa shape index (κ2) is 5.51. The zero-order chi connectivity index (χ0) is 14.9. The van der Waals surface area contributed by atoms with Crippen molar-refractivity contribution in [1.82, 2.24) is 9.97 Å². The number of ether oxygens (including phenoxy) is 1. The molecule has 2 aromatic carbocycles. The molecular formula is C17H12N2OS2. The smallest absolute Gasteiger partial charge is 0.120 e. The summed E-state index contributed by atoms with van der Waals surface area (Å²) in [6.45, 7) is 0. The van der Waals surface area contributed by atoms with Crippen LogP contribution in [0.3, 0.4) is 0 Å². The first-order valence-corrected chi connectivity index (χ1v) is 8.43. The van der Waals surface area contributed by atoms with Crippen LogP contribution >= 0.6 is 22.7 Å². The lowest BCUT2D eigenvalue weighted by molar-refractivity contribution is 0.415. The van der Waals surface area contributed by atoms with Gasteiger partial charge in [-0.25, -0.2) is 9.97 Å². The number of aromatic nitrogens is 2. The molecule has 0 radical (unpaired) electrons. The first-order chi connectivity index (χ1) is 10.8. The molecule has 0 unspecified atom stereocenters. The highest BCUT2D eigenvalue weighted by Crippen LogP contribution is 2.28. The molecule has 108 valence electrons. The average Bonchev–Trinajstić information content (AvgIpc) is 3.14. The molecule has 0 aliphatic carbocycles. The Hall–Kier alpha value is -2.24. The van der Waals surface area contributed by atoms with Crippen LogP contribution in [0.4, 0.5) is 0 Å². The lowest BCUT2D eigenvalue weighted by Gasteiger charge is -1.96. The summed E-state index contributed by atoms with van der Waals surface area (Å²) >= 11 is 3.34. The third-order valence-electron chi connectivity index (χ3n) is 3.29. The van der Waals surface area contributed by atoms with Gasteiger partial charge in [0.2, 0.25) is 0 Å². The molecule has 0 fully saturated rings. The minimum absolute atomic E-state index is 0.859. The van der Waals surface area contributed by atoms with Crippen molar-refractivity contribution in [3.63, 3.8) is 0 Å². The predicted molar refractivity (Wildman–Crippen MR) is 94.7 cm³/mol. The van der Waals surface area contributed by atoms with Crippen molar-refractivity contribution in [2.45, 2.75) is 0 Å². The molecule has 0 N–H and O–H groups in total. The monoisotopic (exact) mass is 324 g/mol. The lowest BCUT2D eigenvalue weighted by Crippen LogP contribution is -1.80. The number of benzene rings is 2. The van der Waals surface area contributed by atoms with Crippen molar-refractivity contribution in [2.24, 2.45) is 0 Å². The van der Waals surface area contributed by atoms with E-state index in [0.717, 1.165) is 31.5 Å². The topological polar surface area (TPSA) is 35.0 Å². The van der Waals surface area contributed by atoms with Crippen molar-refractivity contribution in [3.05, 3.63) is 52.5 Å². The van der Waals surface area contributed by atoms with Gasteiger partial charge in [-0.2, -0.15) is 0 Å². The van der Waals surface area contributed by atoms with Gasteiger partial charge < -0.3 is 4.74 Å². The van der Waals surface area contributed by atoms with E-state index < -0.39 is 0 Å². The molecule has 0 amide bonds. The van der Waals surface area contributed by atoms with E-state index in [1.54, 1.807) is 29.8 Å². The molecule has 4 rings (SSSR count). The zero-order valence-electron chi connectivity index (χ0n) is 11.8. The molecule has 4 aromatic rings. The molecule has 5 heteroatoms. The van der Waals surface area contributed by atoms with Gasteiger partial charge >= 0.3 is 0 Å². The van der Waals surface area contributed by atoms with Crippen LogP contribution < -0.4 is 4.74 Å². The third kappa shape index (κ3) is 2.49. The standard InChI is InChI=1S/C17H12N2OS2/c1-20-11-6-7-13-15(10-11)22-17(19-13)9-8-16-18-12-4-2-3-5-14(12)21-16/h2-10H,1H3. The maximum absolute atomic E-state index is 5.25. The summed E-state index contributed by atoms with van der Waals surface area (Å²) in [4.78, 5) is 9.21. The first-order valence-electron chi connectivity index (χ1n) is 6.80. The van der Waals surface area contributed by atoms with Gasteiger partial charge in [-0.15, -0.1) is 22.7 Å². The average molecular weight is 324 g/mol. The van der Waals surface area contributed by atoms with E-state index in [9.17, 15) is 0 Å². The molecule has 0 aliphatic rings. The number of rotatable bonds is 3. The molecule has 2 aromatic heterocycles. The Balaban J connectivity index is 1.67. The second-order valence-electron chi connectivity index (χ2n) is 4.74. The molecule has 0 aliphatic heterocycles. The van der Waals surface area contributed by atoms with Crippen molar-refractivity contribution in [2.75, 3.05) is 7.11 Å². The fourth-order valence-corrected chi connectivity index (χ4v) is 3.99. The normalized spacial score (nSPS) is 11.7. The molecule has 0 bridgehead atoms. The second-order valence-corrected chi connectivity index (χ2v) is 6.86. The van der Waals surface area contributed by atoms with Crippen LogP contribution in [-0.4, -0.2) is 17.1 Å². The van der Waals surface area contributed by atoms with Gasteiger partial charge in [-0.3, -0.25) is 0 Å². The SMILES string of the molecule is COc1ccc2nc(C=Cc3nc4ccccc4s3)sc2c1. The maximum Gasteiger partial charge on any atom is 0.120 e. The maximum atomic E-state index is 5.25. The van der Waals surface area contributed by atoms with Crippen LogP contribution in [0.2, 0.25) is 0 Å². The molecule has 3 nitrogen and oxygen atoms in total. The van der Waals surface area contributed by atoms with Crippen LogP contribution in [0.15, 0.2) is 42.5 Å². The molecule has 2 heterocycles. The van der Waals surface area contributed by atoms with Gasteiger partial charge in [0.15, 0.2) is 0 Å². The van der Waals surface area contributed by atoms with Crippen molar-refractivity contribution < 1.29 is 4.74 Å². The largest absolute Gasteiger partial charge is 0.497 e. The molecule has 0 saturated carbocycles. The van der Waals surface area contributed by atoms with Gasteiger partial charge in [0, 0.05) is 0 Å². The van der Waals surface area contributed by atoms with Crippen LogP contribution in [-0.2, 0) is 0 Å². The number of fused-ring (bicyclic) bond motifs is 2. The van der Waals surface area contributed by atoms with E-state index in [1.165, 1.54) is 4.70 Å². The highest BCUT2D eigenvalue weighted by Gasteiger charge is 2.04. The van der Waals surface area contributed by atoms with E-state index in [4.69, 9.17) is 4.74 Å². The fraction of sp³-hybridized carbons (Fsp3) is 0.0588. The van der Waals surface area contributed by atoms with Gasteiger partial charge in [-0.05, 0) is 42.5 Å². The summed E-state index contributed by atoms with van der Waals surface area (Å²) in [5, 5.41) is 1.97. The molecule has 0 spiro atoms. The highest BCUT2D eigenvalue weighted by molar-refractivity contribution is 7.20. The number of nitrogens with zero attached hydrogens (tertiary/aromatic N) is 2. The van der Waals surface area contributed by atoms with Crippen molar-refractivity contribution >= 4 is 55.3 Å². The van der Waals surface area contributed by atoms with E-state index in [2.05, 4.69) is 16.0 Å². The lowest BCUT2D eigenvalue weighted by atomic mass is 10.3. The van der Waals surface area contributed by atoms with Crippen LogP contribution in [0.1, 0.15) is 10.0 Å². The van der Waals surface area contributed by atoms with Crippen molar-refractivity contribution in [1.29, 1.82) is 0 Å². The quantitative estimate of drug-likeness (QED) is 0.527. The molecular weight excluding hydrogens is 312 g/mol. The Morgan fingerprint density at radius 1 is 0.864 bits per heavy atom. The van der Waals surface area contributed by atoms with Gasteiger partial charge in [-0.1, -0.05) is 12.1 Å². The van der Waals surface area contributed by atoms with E-state index in [1.807, 2.05) is 48.6 Å². The zero-order valence-corrected chi connectivity index (χ0v) is 13.4. The number of thiazole rings is 2. The van der Waals surface area contributed by atoms with E-state index in [-0.39, 0.29) is 0 Å². The Kier molecular flexibility index (Phi) is 3.36. The number of para-hydroxylation sites is 1. The third-order valence-corrected chi connectivity index (χ3v) is 5.28. The minimum Gasteiger partial charge on any atom is -0.497 e. The Bertz CT molecular complexity index is 952. The number of hydrogen-bond acceptors (Lipinski definition) is 5.